The number of carbonyl (C=O) groups is 2. The lowest BCUT2D eigenvalue weighted by molar-refractivity contribution is -0.129. The molecule has 1 aliphatic rings. The van der Waals surface area contributed by atoms with Crippen molar-refractivity contribution in [1.29, 1.82) is 0 Å². The van der Waals surface area contributed by atoms with E-state index in [-0.39, 0.29) is 33.4 Å². The second-order valence-corrected chi connectivity index (χ2v) is 11.0. The molecule has 1 fully saturated rings. The van der Waals surface area contributed by atoms with Gasteiger partial charge in [-0.2, -0.15) is 0 Å². The van der Waals surface area contributed by atoms with Gasteiger partial charge >= 0.3 is 0 Å². The number of carbonyl (C=O) groups excluding carboxylic acids is 2. The van der Waals surface area contributed by atoms with Gasteiger partial charge in [0.05, 0.1) is 29.7 Å². The average molecular weight is 557 g/mol. The van der Waals surface area contributed by atoms with Gasteiger partial charge in [-0.1, -0.05) is 23.9 Å². The maximum atomic E-state index is 12.9. The predicted molar refractivity (Wildman–Crippen MR) is 140 cm³/mol. The van der Waals surface area contributed by atoms with Gasteiger partial charge in [0.2, 0.25) is 5.91 Å². The highest BCUT2D eigenvalue weighted by molar-refractivity contribution is 7.99. The van der Waals surface area contributed by atoms with E-state index < -0.39 is 10.0 Å². The summed E-state index contributed by atoms with van der Waals surface area (Å²) in [5, 5.41) is 0.257. The molecule has 0 unspecified atom stereocenters. The number of rotatable bonds is 8. The van der Waals surface area contributed by atoms with Crippen molar-refractivity contribution in [1.82, 2.24) is 14.8 Å². The van der Waals surface area contributed by atoms with Gasteiger partial charge in [-0.05, 0) is 42.5 Å². The van der Waals surface area contributed by atoms with Crippen LogP contribution in [0.2, 0.25) is 0 Å². The number of hydrogen-bond donors (Lipinski definition) is 1. The summed E-state index contributed by atoms with van der Waals surface area (Å²) < 4.78 is 44.5. The lowest BCUT2D eigenvalue weighted by atomic mass is 10.3. The number of methoxy groups -OCH3 is 1. The van der Waals surface area contributed by atoms with Crippen molar-refractivity contribution in [2.45, 2.75) is 10.1 Å². The van der Waals surface area contributed by atoms with Crippen molar-refractivity contribution in [3.63, 3.8) is 0 Å². The Kier molecular flexibility index (Phi) is 7.29. The fraction of sp³-hybridized carbons (Fsp3) is 0.240. The van der Waals surface area contributed by atoms with Crippen LogP contribution in [0.15, 0.2) is 79.8 Å². The minimum absolute atomic E-state index is 0.0128. The Balaban J connectivity index is 1.19. The summed E-state index contributed by atoms with van der Waals surface area (Å²) in [6.07, 6.45) is 1.45. The van der Waals surface area contributed by atoms with E-state index in [0.717, 1.165) is 11.8 Å². The second-order valence-electron chi connectivity index (χ2n) is 8.35. The molecule has 13 heteroatoms. The summed E-state index contributed by atoms with van der Waals surface area (Å²) in [6.45, 7) is 1.66. The maximum absolute atomic E-state index is 12.9. The first kappa shape index (κ1) is 25.7. The third kappa shape index (κ3) is 5.48. The van der Waals surface area contributed by atoms with Gasteiger partial charge in [-0.3, -0.25) is 14.3 Å². The Morgan fingerprint density at radius 1 is 1.05 bits per heavy atom. The van der Waals surface area contributed by atoms with Gasteiger partial charge in [-0.25, -0.2) is 13.4 Å². The number of fused-ring (bicyclic) bond motifs is 1. The first-order chi connectivity index (χ1) is 18.3. The highest BCUT2D eigenvalue weighted by Gasteiger charge is 2.26. The van der Waals surface area contributed by atoms with Crippen molar-refractivity contribution in [3.05, 3.63) is 66.6 Å². The number of benzene rings is 2. The van der Waals surface area contributed by atoms with Crippen LogP contribution < -0.4 is 9.46 Å². The van der Waals surface area contributed by atoms with Crippen LogP contribution in [0.3, 0.4) is 0 Å². The Morgan fingerprint density at radius 2 is 1.82 bits per heavy atom. The monoisotopic (exact) mass is 556 g/mol. The normalized spacial score (nSPS) is 14.0. The molecule has 0 radical (unpaired) electrons. The maximum Gasteiger partial charge on any atom is 0.289 e. The fourth-order valence-corrected chi connectivity index (χ4v) is 5.81. The molecule has 11 nitrogen and oxygen atoms in total. The molecule has 2 aromatic heterocycles. The number of aromatic nitrogens is 1. The summed E-state index contributed by atoms with van der Waals surface area (Å²) >= 11 is 1.13. The van der Waals surface area contributed by atoms with Crippen LogP contribution in [0, 0.1) is 0 Å². The Hall–Kier alpha value is -3.97. The van der Waals surface area contributed by atoms with Gasteiger partial charge in [0.25, 0.3) is 21.2 Å². The predicted octanol–water partition coefficient (Wildman–Crippen LogP) is 3.31. The van der Waals surface area contributed by atoms with E-state index in [1.165, 1.54) is 31.6 Å². The summed E-state index contributed by atoms with van der Waals surface area (Å²) in [4.78, 5) is 32.8. The van der Waals surface area contributed by atoms with Gasteiger partial charge in [0.1, 0.15) is 11.3 Å². The van der Waals surface area contributed by atoms with Gasteiger partial charge in [-0.15, -0.1) is 0 Å². The number of hydrogen-bond acceptors (Lipinski definition) is 9. The van der Waals surface area contributed by atoms with Gasteiger partial charge in [0.15, 0.2) is 11.3 Å². The highest BCUT2D eigenvalue weighted by Crippen LogP contribution is 2.29. The molecule has 3 heterocycles. The summed E-state index contributed by atoms with van der Waals surface area (Å²) in [5.74, 6) is 0.476. The highest BCUT2D eigenvalue weighted by atomic mass is 32.2. The number of oxazole rings is 1. The number of thioether (sulfide) groups is 1. The van der Waals surface area contributed by atoms with Crippen LogP contribution in [0.1, 0.15) is 10.6 Å². The first-order valence-electron chi connectivity index (χ1n) is 11.6. The lowest BCUT2D eigenvalue weighted by Gasteiger charge is -2.34. The minimum atomic E-state index is -3.91. The van der Waals surface area contributed by atoms with Crippen molar-refractivity contribution >= 4 is 50.4 Å². The standard InChI is InChI=1S/C25H24N4O7S2/c1-34-20-6-3-2-5-18(20)27-38(32,33)17-8-9-21-19(15-17)26-25(36-21)37-16-23(30)28-10-12-29(13-11-28)24(31)22-7-4-14-35-22/h2-9,14-15,27H,10-13,16H2,1H3. The molecule has 198 valence electrons. The van der Waals surface area contributed by atoms with Gasteiger partial charge < -0.3 is 23.4 Å². The minimum Gasteiger partial charge on any atom is -0.495 e. The Labute approximate surface area is 222 Å². The van der Waals surface area contributed by atoms with E-state index >= 15 is 0 Å². The molecular formula is C25H24N4O7S2. The molecule has 1 N–H and O–H groups in total. The smallest absolute Gasteiger partial charge is 0.289 e. The number of amides is 2. The number of sulfonamides is 1. The molecule has 38 heavy (non-hydrogen) atoms. The van der Waals surface area contributed by atoms with E-state index in [1.807, 2.05) is 0 Å². The molecule has 2 aromatic carbocycles. The number of furan rings is 1. The van der Waals surface area contributed by atoms with Crippen LogP contribution >= 0.6 is 11.8 Å². The van der Waals surface area contributed by atoms with E-state index in [9.17, 15) is 18.0 Å². The molecule has 0 saturated carbocycles. The third-order valence-electron chi connectivity index (χ3n) is 5.97. The van der Waals surface area contributed by atoms with Crippen molar-refractivity contribution in [2.24, 2.45) is 0 Å². The number of anilines is 1. The molecule has 0 spiro atoms. The van der Waals surface area contributed by atoms with E-state index in [0.29, 0.717) is 48.7 Å². The number of ether oxygens (including phenoxy) is 1. The van der Waals surface area contributed by atoms with Crippen LogP contribution in [0.4, 0.5) is 5.69 Å². The van der Waals surface area contributed by atoms with E-state index in [2.05, 4.69) is 9.71 Å². The van der Waals surface area contributed by atoms with Crippen molar-refractivity contribution < 1.29 is 31.6 Å². The summed E-state index contributed by atoms with van der Waals surface area (Å²) in [7, 11) is -2.45. The SMILES string of the molecule is COc1ccccc1NS(=O)(=O)c1ccc2oc(SCC(=O)N3CCN(C(=O)c4ccco4)CC3)nc2c1. The van der Waals surface area contributed by atoms with Crippen LogP contribution in [0.5, 0.6) is 5.75 Å². The third-order valence-corrected chi connectivity index (χ3v) is 8.15. The van der Waals surface area contributed by atoms with Crippen molar-refractivity contribution in [3.8, 4) is 5.75 Å². The zero-order valence-corrected chi connectivity index (χ0v) is 22.0. The van der Waals surface area contributed by atoms with Crippen LogP contribution in [-0.4, -0.2) is 74.1 Å². The van der Waals surface area contributed by atoms with E-state index in [1.54, 1.807) is 46.2 Å². The molecule has 0 aliphatic carbocycles. The quantitative estimate of drug-likeness (QED) is 0.324. The summed E-state index contributed by atoms with van der Waals surface area (Å²) in [5.41, 5.74) is 1.07. The molecule has 2 amide bonds. The second kappa shape index (κ2) is 10.8. The number of nitrogens with one attached hydrogen (secondary N) is 1. The lowest BCUT2D eigenvalue weighted by Crippen LogP contribution is -2.51. The molecule has 4 aromatic rings. The Bertz CT molecular complexity index is 1560. The largest absolute Gasteiger partial charge is 0.495 e. The molecule has 5 rings (SSSR count). The molecule has 1 saturated heterocycles. The number of para-hydroxylation sites is 2. The van der Waals surface area contributed by atoms with Crippen molar-refractivity contribution in [2.75, 3.05) is 43.8 Å². The molecule has 0 atom stereocenters. The first-order valence-corrected chi connectivity index (χ1v) is 14.1. The molecule has 0 bridgehead atoms. The average Bonchev–Trinajstić information content (AvgIpc) is 3.61. The molecular weight excluding hydrogens is 532 g/mol. The Morgan fingerprint density at radius 3 is 2.55 bits per heavy atom. The van der Waals surface area contributed by atoms with E-state index in [4.69, 9.17) is 13.6 Å². The zero-order chi connectivity index (χ0) is 26.7. The van der Waals surface area contributed by atoms with Crippen LogP contribution in [0.25, 0.3) is 11.1 Å². The molecule has 1 aliphatic heterocycles. The van der Waals surface area contributed by atoms with Gasteiger partial charge in [0, 0.05) is 26.2 Å². The van der Waals surface area contributed by atoms with Crippen LogP contribution in [-0.2, 0) is 14.8 Å². The zero-order valence-electron chi connectivity index (χ0n) is 20.3. The topological polar surface area (TPSA) is 135 Å². The number of nitrogens with zero attached hydrogens (tertiary/aromatic N) is 3. The summed E-state index contributed by atoms with van der Waals surface area (Å²) in [6, 6.07) is 14.4. The number of piperazine rings is 1. The fourth-order valence-electron chi connectivity index (χ4n) is 3.98.